The maximum Gasteiger partial charge on any atom is 0.175 e. The summed E-state index contributed by atoms with van der Waals surface area (Å²) >= 11 is 0. The van der Waals surface area contributed by atoms with Gasteiger partial charge < -0.3 is 9.84 Å². The van der Waals surface area contributed by atoms with Gasteiger partial charge in [0, 0.05) is 6.26 Å². The Hall–Kier alpha value is -1.07. The predicted octanol–water partition coefficient (Wildman–Crippen LogP) is 1.38. The van der Waals surface area contributed by atoms with E-state index in [1.54, 1.807) is 12.1 Å². The Kier molecular flexibility index (Phi) is 3.40. The largest absolute Gasteiger partial charge is 0.488 e. The van der Waals surface area contributed by atoms with E-state index in [4.69, 9.17) is 4.74 Å². The van der Waals surface area contributed by atoms with Crippen molar-refractivity contribution in [3.05, 3.63) is 24.3 Å². The van der Waals surface area contributed by atoms with Gasteiger partial charge in [-0.2, -0.15) is 0 Å². The highest BCUT2D eigenvalue weighted by Crippen LogP contribution is 2.26. The van der Waals surface area contributed by atoms with Gasteiger partial charge in [0.15, 0.2) is 9.84 Å². The standard InChI is InChI=1S/C12H16O4S/c1-17(14,15)10-5-2-4-9(8-10)16-12-7-3-6-11(12)13/h2,4-5,8,11-13H,3,6-7H2,1H3/t11-,12-/m1/s1. The van der Waals surface area contributed by atoms with Crippen molar-refractivity contribution < 1.29 is 18.3 Å². The molecular formula is C12H16O4S. The third-order valence-corrected chi connectivity index (χ3v) is 4.05. The molecule has 0 amide bonds. The Bertz CT molecular complexity index is 495. The van der Waals surface area contributed by atoms with Crippen LogP contribution in [0, 0.1) is 0 Å². The summed E-state index contributed by atoms with van der Waals surface area (Å²) in [7, 11) is -3.21. The lowest BCUT2D eigenvalue weighted by Crippen LogP contribution is -2.25. The van der Waals surface area contributed by atoms with Gasteiger partial charge in [-0.25, -0.2) is 8.42 Å². The molecule has 1 aliphatic carbocycles. The number of rotatable bonds is 3. The first kappa shape index (κ1) is 12.4. The molecule has 0 saturated heterocycles. The van der Waals surface area contributed by atoms with E-state index in [1.165, 1.54) is 12.1 Å². The van der Waals surface area contributed by atoms with E-state index < -0.39 is 15.9 Å². The van der Waals surface area contributed by atoms with Gasteiger partial charge in [0.1, 0.15) is 11.9 Å². The van der Waals surface area contributed by atoms with Crippen molar-refractivity contribution in [2.24, 2.45) is 0 Å². The molecule has 1 aliphatic rings. The third-order valence-electron chi connectivity index (χ3n) is 2.94. The van der Waals surface area contributed by atoms with Gasteiger partial charge in [-0.3, -0.25) is 0 Å². The second-order valence-electron chi connectivity index (χ2n) is 4.40. The lowest BCUT2D eigenvalue weighted by molar-refractivity contribution is 0.0602. The van der Waals surface area contributed by atoms with Gasteiger partial charge in [-0.15, -0.1) is 0 Å². The fourth-order valence-corrected chi connectivity index (χ4v) is 2.65. The molecule has 2 atom stereocenters. The van der Waals surface area contributed by atoms with E-state index in [0.29, 0.717) is 5.75 Å². The Balaban J connectivity index is 2.17. The van der Waals surface area contributed by atoms with Crippen LogP contribution in [0.25, 0.3) is 0 Å². The zero-order chi connectivity index (χ0) is 12.5. The summed E-state index contributed by atoms with van der Waals surface area (Å²) in [5.74, 6) is 0.499. The van der Waals surface area contributed by atoms with Gasteiger partial charge in [0.25, 0.3) is 0 Å². The zero-order valence-corrected chi connectivity index (χ0v) is 10.5. The van der Waals surface area contributed by atoms with Crippen LogP contribution < -0.4 is 4.74 Å². The summed E-state index contributed by atoms with van der Waals surface area (Å²) in [4.78, 5) is 0.238. The average Bonchev–Trinajstić information content (AvgIpc) is 2.64. The number of sulfone groups is 1. The topological polar surface area (TPSA) is 63.6 Å². The molecule has 1 fully saturated rings. The molecular weight excluding hydrogens is 240 g/mol. The number of aliphatic hydroxyl groups excluding tert-OH is 1. The van der Waals surface area contributed by atoms with Gasteiger partial charge in [-0.05, 0) is 37.5 Å². The minimum Gasteiger partial charge on any atom is -0.488 e. The summed E-state index contributed by atoms with van der Waals surface area (Å²) in [6.07, 6.45) is 3.00. The normalized spacial score (nSPS) is 24.8. The quantitative estimate of drug-likeness (QED) is 0.887. The van der Waals surface area contributed by atoms with Crippen LogP contribution in [0.2, 0.25) is 0 Å². The van der Waals surface area contributed by atoms with Crippen molar-refractivity contribution in [1.82, 2.24) is 0 Å². The molecule has 0 radical (unpaired) electrons. The summed E-state index contributed by atoms with van der Waals surface area (Å²) in [5.41, 5.74) is 0. The zero-order valence-electron chi connectivity index (χ0n) is 9.67. The van der Waals surface area contributed by atoms with Crippen molar-refractivity contribution in [2.45, 2.75) is 36.4 Å². The molecule has 5 heteroatoms. The lowest BCUT2D eigenvalue weighted by atomic mass is 10.2. The van der Waals surface area contributed by atoms with E-state index in [2.05, 4.69) is 0 Å². The van der Waals surface area contributed by atoms with Crippen molar-refractivity contribution >= 4 is 9.84 Å². The molecule has 1 aromatic carbocycles. The highest BCUT2D eigenvalue weighted by Gasteiger charge is 2.27. The van der Waals surface area contributed by atoms with Gasteiger partial charge >= 0.3 is 0 Å². The van der Waals surface area contributed by atoms with Crippen molar-refractivity contribution in [1.29, 1.82) is 0 Å². The predicted molar refractivity (Wildman–Crippen MR) is 63.8 cm³/mol. The molecule has 4 nitrogen and oxygen atoms in total. The maximum absolute atomic E-state index is 11.4. The smallest absolute Gasteiger partial charge is 0.175 e. The molecule has 1 N–H and O–H groups in total. The number of hydrogen-bond acceptors (Lipinski definition) is 4. The summed E-state index contributed by atoms with van der Waals surface area (Å²) in [5, 5.41) is 9.64. The first-order valence-corrected chi connectivity index (χ1v) is 7.51. The average molecular weight is 256 g/mol. The molecule has 0 spiro atoms. The molecule has 2 rings (SSSR count). The molecule has 17 heavy (non-hydrogen) atoms. The number of benzene rings is 1. The second kappa shape index (κ2) is 4.66. The van der Waals surface area contributed by atoms with Gasteiger partial charge in [0.2, 0.25) is 0 Å². The van der Waals surface area contributed by atoms with Crippen LogP contribution in [0.1, 0.15) is 19.3 Å². The van der Waals surface area contributed by atoms with Crippen LogP contribution in [-0.4, -0.2) is 32.0 Å². The van der Waals surface area contributed by atoms with Crippen LogP contribution in [0.15, 0.2) is 29.2 Å². The van der Waals surface area contributed by atoms with Crippen LogP contribution in [-0.2, 0) is 9.84 Å². The summed E-state index contributed by atoms with van der Waals surface area (Å²) in [6.45, 7) is 0. The van der Waals surface area contributed by atoms with Crippen LogP contribution in [0.3, 0.4) is 0 Å². The second-order valence-corrected chi connectivity index (χ2v) is 6.42. The highest BCUT2D eigenvalue weighted by atomic mass is 32.2. The van der Waals surface area contributed by atoms with E-state index in [1.807, 2.05) is 0 Å². The van der Waals surface area contributed by atoms with Crippen molar-refractivity contribution in [2.75, 3.05) is 6.26 Å². The molecule has 0 bridgehead atoms. The minimum absolute atomic E-state index is 0.218. The van der Waals surface area contributed by atoms with E-state index >= 15 is 0 Å². The molecule has 94 valence electrons. The van der Waals surface area contributed by atoms with Gasteiger partial charge in [0.05, 0.1) is 11.0 Å². The molecule has 0 heterocycles. The molecule has 1 saturated carbocycles. The fraction of sp³-hybridized carbons (Fsp3) is 0.500. The first-order valence-electron chi connectivity index (χ1n) is 5.61. The molecule has 1 aromatic rings. The fourth-order valence-electron chi connectivity index (χ4n) is 2.00. The monoisotopic (exact) mass is 256 g/mol. The summed E-state index contributed by atoms with van der Waals surface area (Å²) < 4.78 is 28.4. The first-order chi connectivity index (χ1) is 7.97. The van der Waals surface area contributed by atoms with Gasteiger partial charge in [-0.1, -0.05) is 6.07 Å². The van der Waals surface area contributed by atoms with E-state index in [9.17, 15) is 13.5 Å². The van der Waals surface area contributed by atoms with E-state index in [-0.39, 0.29) is 11.0 Å². The van der Waals surface area contributed by atoms with E-state index in [0.717, 1.165) is 25.5 Å². The Morgan fingerprint density at radius 1 is 1.35 bits per heavy atom. The lowest BCUT2D eigenvalue weighted by Gasteiger charge is -2.17. The Morgan fingerprint density at radius 2 is 2.12 bits per heavy atom. The molecule has 0 aromatic heterocycles. The Labute approximate surface area is 101 Å². The van der Waals surface area contributed by atoms with Crippen LogP contribution >= 0.6 is 0 Å². The maximum atomic E-state index is 11.4. The van der Waals surface area contributed by atoms with Crippen molar-refractivity contribution in [3.8, 4) is 5.75 Å². The molecule has 0 unspecified atom stereocenters. The van der Waals surface area contributed by atoms with Crippen LogP contribution in [0.5, 0.6) is 5.75 Å². The number of ether oxygens (including phenoxy) is 1. The Morgan fingerprint density at radius 3 is 2.71 bits per heavy atom. The van der Waals surface area contributed by atoms with Crippen LogP contribution in [0.4, 0.5) is 0 Å². The molecule has 0 aliphatic heterocycles. The SMILES string of the molecule is CS(=O)(=O)c1cccc(O[C@@H]2CCC[C@H]2O)c1. The number of hydrogen-bond donors (Lipinski definition) is 1. The third kappa shape index (κ3) is 2.98. The highest BCUT2D eigenvalue weighted by molar-refractivity contribution is 7.90. The summed E-state index contributed by atoms with van der Waals surface area (Å²) in [6, 6.07) is 6.39. The van der Waals surface area contributed by atoms with Crippen molar-refractivity contribution in [3.63, 3.8) is 0 Å². The number of aliphatic hydroxyl groups is 1. The minimum atomic E-state index is -3.21.